The zero-order valence-electron chi connectivity index (χ0n) is 15.7. The average Bonchev–Trinajstić information content (AvgIpc) is 3.23. The van der Waals surface area contributed by atoms with Crippen molar-refractivity contribution < 1.29 is 9.18 Å². The number of benzene rings is 1. The number of halogens is 2. The number of nitrogens with zero attached hydrogens (tertiary/aromatic N) is 2. The highest BCUT2D eigenvalue weighted by Gasteiger charge is 2.21. The first-order valence-electron chi connectivity index (χ1n) is 8.98. The lowest BCUT2D eigenvalue weighted by molar-refractivity contribution is 0.0942. The summed E-state index contributed by atoms with van der Waals surface area (Å²) in [6, 6.07) is 7.88. The molecular weight excluding hydrogens is 399 g/mol. The molecule has 2 aromatic heterocycles. The third kappa shape index (κ3) is 4.43. The fraction of sp³-hybridized carbons (Fsp3) is 0.300. The maximum Gasteiger partial charge on any atom is 0.261 e. The predicted molar refractivity (Wildman–Crippen MR) is 111 cm³/mol. The number of carbonyl (C=O) groups is 1. The molecule has 0 spiro atoms. The summed E-state index contributed by atoms with van der Waals surface area (Å²) >= 11 is 7.71. The van der Waals surface area contributed by atoms with Crippen LogP contribution in [0.25, 0.3) is 11.3 Å². The van der Waals surface area contributed by atoms with Gasteiger partial charge < -0.3 is 11.1 Å². The largest absolute Gasteiger partial charge is 0.347 e. The highest BCUT2D eigenvalue weighted by molar-refractivity contribution is 7.14. The molecule has 0 aliphatic carbocycles. The summed E-state index contributed by atoms with van der Waals surface area (Å²) in [5.41, 5.74) is 8.33. The van der Waals surface area contributed by atoms with Crippen molar-refractivity contribution >= 4 is 28.8 Å². The van der Waals surface area contributed by atoms with E-state index in [0.717, 1.165) is 28.1 Å². The van der Waals surface area contributed by atoms with Crippen LogP contribution in [0.5, 0.6) is 0 Å². The Morgan fingerprint density at radius 3 is 2.82 bits per heavy atom. The zero-order chi connectivity index (χ0) is 20.3. The van der Waals surface area contributed by atoms with Gasteiger partial charge in [-0.25, -0.2) is 4.39 Å². The van der Waals surface area contributed by atoms with Crippen molar-refractivity contribution in [1.29, 1.82) is 0 Å². The number of nitrogens with two attached hydrogens (primary N) is 1. The fourth-order valence-corrected chi connectivity index (χ4v) is 4.39. The molecule has 0 bridgehead atoms. The quantitative estimate of drug-likeness (QED) is 0.610. The van der Waals surface area contributed by atoms with E-state index in [1.54, 1.807) is 16.9 Å². The van der Waals surface area contributed by atoms with Crippen LogP contribution in [0.4, 0.5) is 4.39 Å². The first kappa shape index (κ1) is 20.5. The molecule has 3 N–H and O–H groups in total. The molecule has 3 rings (SSSR count). The van der Waals surface area contributed by atoms with Crippen LogP contribution in [0.1, 0.15) is 27.0 Å². The molecule has 5 nitrogen and oxygen atoms in total. The highest BCUT2D eigenvalue weighted by atomic mass is 35.5. The van der Waals surface area contributed by atoms with Crippen molar-refractivity contribution in [1.82, 2.24) is 15.1 Å². The van der Waals surface area contributed by atoms with Gasteiger partial charge in [-0.15, -0.1) is 11.3 Å². The van der Waals surface area contributed by atoms with Crippen LogP contribution in [-0.4, -0.2) is 28.3 Å². The van der Waals surface area contributed by atoms with E-state index in [1.807, 2.05) is 26.1 Å². The minimum Gasteiger partial charge on any atom is -0.347 e. The maximum absolute atomic E-state index is 13.4. The van der Waals surface area contributed by atoms with E-state index >= 15 is 0 Å². The monoisotopic (exact) mass is 420 g/mol. The molecule has 0 aliphatic rings. The Balaban J connectivity index is 1.80. The van der Waals surface area contributed by atoms with Gasteiger partial charge in [-0.1, -0.05) is 30.7 Å². The van der Waals surface area contributed by atoms with Gasteiger partial charge >= 0.3 is 0 Å². The number of hydrogen-bond acceptors (Lipinski definition) is 4. The van der Waals surface area contributed by atoms with Gasteiger partial charge in [0.25, 0.3) is 5.91 Å². The number of amides is 1. The Labute approximate surface area is 172 Å². The maximum atomic E-state index is 13.4. The summed E-state index contributed by atoms with van der Waals surface area (Å²) in [5, 5.41) is 7.69. The molecule has 2 heterocycles. The lowest BCUT2D eigenvalue weighted by atomic mass is 10.1. The van der Waals surface area contributed by atoms with Crippen LogP contribution in [0.3, 0.4) is 0 Å². The van der Waals surface area contributed by atoms with E-state index in [4.69, 9.17) is 17.3 Å². The number of aromatic nitrogens is 2. The first-order chi connectivity index (χ1) is 13.4. The fourth-order valence-electron chi connectivity index (χ4n) is 3.12. The minimum atomic E-state index is -0.303. The van der Waals surface area contributed by atoms with Crippen molar-refractivity contribution in [3.05, 3.63) is 62.7 Å². The standard InChI is InChI=1S/C20H22ClFN4OS/c1-3-17-15(19-16(21)11-24-26(19)2)9-18(28-17)20(27)25-14(10-23)8-12-5-4-6-13(22)7-12/h4-7,9,11,14H,3,8,10,23H2,1-2H3,(H,25,27)/t14-/m0/s1. The summed E-state index contributed by atoms with van der Waals surface area (Å²) in [4.78, 5) is 14.5. The van der Waals surface area contributed by atoms with Gasteiger partial charge in [0.05, 0.1) is 21.8 Å². The SMILES string of the molecule is CCc1sc(C(=O)N[C@H](CN)Cc2cccc(F)c2)cc1-c1c(Cl)cnn1C. The molecule has 0 aliphatic heterocycles. The van der Waals surface area contributed by atoms with E-state index < -0.39 is 0 Å². The second-order valence-electron chi connectivity index (χ2n) is 6.51. The van der Waals surface area contributed by atoms with Crippen molar-refractivity contribution in [2.75, 3.05) is 6.54 Å². The van der Waals surface area contributed by atoms with Crippen LogP contribution < -0.4 is 11.1 Å². The lowest BCUT2D eigenvalue weighted by Crippen LogP contribution is -2.41. The Bertz CT molecular complexity index is 965. The molecule has 0 saturated heterocycles. The van der Waals surface area contributed by atoms with Gasteiger partial charge in [0.2, 0.25) is 0 Å². The molecule has 3 aromatic rings. The third-order valence-electron chi connectivity index (χ3n) is 4.49. The molecule has 8 heteroatoms. The highest BCUT2D eigenvalue weighted by Crippen LogP contribution is 2.35. The van der Waals surface area contributed by atoms with Gasteiger partial charge in [0.1, 0.15) is 5.82 Å². The predicted octanol–water partition coefficient (Wildman–Crippen LogP) is 3.80. The van der Waals surface area contributed by atoms with Gasteiger partial charge in [0.15, 0.2) is 0 Å². The number of hydrogen-bond donors (Lipinski definition) is 2. The van der Waals surface area contributed by atoms with Crippen LogP contribution >= 0.6 is 22.9 Å². The molecule has 1 atom stereocenters. The van der Waals surface area contributed by atoms with Crippen LogP contribution in [-0.2, 0) is 19.9 Å². The van der Waals surface area contributed by atoms with E-state index in [1.165, 1.54) is 23.5 Å². The Morgan fingerprint density at radius 2 is 2.21 bits per heavy atom. The molecule has 0 unspecified atom stereocenters. The Morgan fingerprint density at radius 1 is 1.43 bits per heavy atom. The van der Waals surface area contributed by atoms with Gasteiger partial charge in [-0.2, -0.15) is 5.10 Å². The van der Waals surface area contributed by atoms with Crippen LogP contribution in [0, 0.1) is 5.82 Å². The summed E-state index contributed by atoms with van der Waals surface area (Å²) in [7, 11) is 1.82. The summed E-state index contributed by atoms with van der Waals surface area (Å²) in [5.74, 6) is -0.501. The van der Waals surface area contributed by atoms with Gasteiger partial charge in [-0.3, -0.25) is 9.48 Å². The summed E-state index contributed by atoms with van der Waals surface area (Å²) < 4.78 is 15.1. The van der Waals surface area contributed by atoms with Crippen molar-refractivity contribution in [3.63, 3.8) is 0 Å². The topological polar surface area (TPSA) is 72.9 Å². The number of thiophene rings is 1. The van der Waals surface area contributed by atoms with Crippen molar-refractivity contribution in [2.45, 2.75) is 25.8 Å². The second kappa shape index (κ2) is 8.86. The lowest BCUT2D eigenvalue weighted by Gasteiger charge is -2.16. The summed E-state index contributed by atoms with van der Waals surface area (Å²) in [6.07, 6.45) is 2.84. The van der Waals surface area contributed by atoms with Gasteiger partial charge in [0, 0.05) is 30.1 Å². The van der Waals surface area contributed by atoms with Crippen LogP contribution in [0.15, 0.2) is 36.5 Å². The Kier molecular flexibility index (Phi) is 6.49. The number of rotatable bonds is 7. The first-order valence-corrected chi connectivity index (χ1v) is 10.2. The average molecular weight is 421 g/mol. The van der Waals surface area contributed by atoms with Crippen LogP contribution in [0.2, 0.25) is 5.02 Å². The smallest absolute Gasteiger partial charge is 0.261 e. The summed E-state index contributed by atoms with van der Waals surface area (Å²) in [6.45, 7) is 2.29. The molecule has 0 radical (unpaired) electrons. The van der Waals surface area contributed by atoms with E-state index in [2.05, 4.69) is 10.4 Å². The number of carbonyl (C=O) groups excluding carboxylic acids is 1. The molecule has 1 aromatic carbocycles. The molecule has 1 amide bonds. The van der Waals surface area contributed by atoms with E-state index in [0.29, 0.717) is 16.3 Å². The van der Waals surface area contributed by atoms with E-state index in [9.17, 15) is 9.18 Å². The second-order valence-corrected chi connectivity index (χ2v) is 8.05. The molecule has 28 heavy (non-hydrogen) atoms. The van der Waals surface area contributed by atoms with Crippen molar-refractivity contribution in [2.24, 2.45) is 12.8 Å². The molecule has 0 fully saturated rings. The number of nitrogens with one attached hydrogen (secondary N) is 1. The minimum absolute atomic E-state index is 0.198. The molecule has 148 valence electrons. The number of aryl methyl sites for hydroxylation is 2. The zero-order valence-corrected chi connectivity index (χ0v) is 17.3. The molecular formula is C20H22ClFN4OS. The van der Waals surface area contributed by atoms with E-state index in [-0.39, 0.29) is 24.3 Å². The normalized spacial score (nSPS) is 12.2. The van der Waals surface area contributed by atoms with Crippen molar-refractivity contribution in [3.8, 4) is 11.3 Å². The third-order valence-corrected chi connectivity index (χ3v) is 6.05. The molecule has 0 saturated carbocycles. The Hall–Kier alpha value is -2.22. The van der Waals surface area contributed by atoms with Gasteiger partial charge in [-0.05, 0) is 36.6 Å².